The van der Waals surface area contributed by atoms with Gasteiger partial charge in [-0.05, 0) is 119 Å². The minimum Gasteiger partial charge on any atom is -0.377 e. The van der Waals surface area contributed by atoms with Crippen molar-refractivity contribution in [1.82, 2.24) is 0 Å². The Labute approximate surface area is 236 Å². The number of ketones is 3. The number of carbonyl (C=O) groups excluding carboxylic acids is 3. The Morgan fingerprint density at radius 2 is 1.77 bits per heavy atom. The number of nitrogens with zero attached hydrogens (tertiary/aromatic N) is 1. The predicted octanol–water partition coefficient (Wildman–Crippen LogP) is 7.64. The van der Waals surface area contributed by atoms with Gasteiger partial charge < -0.3 is 4.90 Å². The van der Waals surface area contributed by atoms with Crippen LogP contribution in [-0.4, -0.2) is 31.4 Å². The van der Waals surface area contributed by atoms with E-state index in [2.05, 4.69) is 59.7 Å². The van der Waals surface area contributed by atoms with Crippen molar-refractivity contribution >= 4 is 23.0 Å². The summed E-state index contributed by atoms with van der Waals surface area (Å²) < 4.78 is 0. The summed E-state index contributed by atoms with van der Waals surface area (Å²) in [5, 5.41) is 0. The van der Waals surface area contributed by atoms with Gasteiger partial charge >= 0.3 is 0 Å². The first-order valence-electron chi connectivity index (χ1n) is 14.8. The maximum absolute atomic E-state index is 14.5. The summed E-state index contributed by atoms with van der Waals surface area (Å²) in [6, 6.07) is 2.33. The van der Waals surface area contributed by atoms with Gasteiger partial charge in [0.15, 0.2) is 17.3 Å². The number of allylic oxidation sites excluding steroid dienone is 4. The summed E-state index contributed by atoms with van der Waals surface area (Å²) in [5.74, 6) is 0.608. The zero-order chi connectivity index (χ0) is 29.2. The molecule has 4 nitrogen and oxygen atoms in total. The van der Waals surface area contributed by atoms with Gasteiger partial charge in [-0.15, -0.1) is 0 Å². The second-order valence-corrected chi connectivity index (χ2v) is 14.5. The van der Waals surface area contributed by atoms with Gasteiger partial charge in [0.2, 0.25) is 0 Å². The highest BCUT2D eigenvalue weighted by Gasteiger charge is 2.54. The standard InChI is InChI=1S/C35H49NO3/c1-19(12-13-34(6,7)8)14-24-18-28(36(10)11)27-17-25-16-26-15-20(2)29(23(5)37)33(39)35(26,9)22(4)31(25)32(38)30(27)21(24)3/h18-19,25-26H,12-17H2,1-11H3. The van der Waals surface area contributed by atoms with Crippen LogP contribution in [0.2, 0.25) is 0 Å². The maximum Gasteiger partial charge on any atom is 0.189 e. The van der Waals surface area contributed by atoms with Crippen LogP contribution in [0.5, 0.6) is 0 Å². The number of carbonyl (C=O) groups is 3. The van der Waals surface area contributed by atoms with Crippen molar-refractivity contribution in [3.8, 4) is 0 Å². The number of benzene rings is 1. The molecule has 4 heteroatoms. The van der Waals surface area contributed by atoms with E-state index in [9.17, 15) is 14.4 Å². The van der Waals surface area contributed by atoms with Gasteiger partial charge in [0.25, 0.3) is 0 Å². The van der Waals surface area contributed by atoms with Gasteiger partial charge in [-0.2, -0.15) is 0 Å². The summed E-state index contributed by atoms with van der Waals surface area (Å²) in [5.41, 5.74) is 8.04. The van der Waals surface area contributed by atoms with Crippen molar-refractivity contribution in [1.29, 1.82) is 0 Å². The van der Waals surface area contributed by atoms with Crippen LogP contribution in [0.3, 0.4) is 0 Å². The maximum atomic E-state index is 14.5. The molecule has 0 radical (unpaired) electrons. The largest absolute Gasteiger partial charge is 0.377 e. The number of Topliss-reactive ketones (excluding diaryl/α,β-unsaturated/α-hetero) is 3. The first kappa shape index (κ1) is 29.5. The lowest BCUT2D eigenvalue weighted by Crippen LogP contribution is -2.49. The first-order chi connectivity index (χ1) is 18.0. The highest BCUT2D eigenvalue weighted by molar-refractivity contribution is 6.24. The normalized spacial score (nSPS) is 25.8. The van der Waals surface area contributed by atoms with Crippen molar-refractivity contribution in [2.24, 2.45) is 28.6 Å². The van der Waals surface area contributed by atoms with Crippen LogP contribution in [0, 0.1) is 35.5 Å². The van der Waals surface area contributed by atoms with E-state index in [4.69, 9.17) is 0 Å². The summed E-state index contributed by atoms with van der Waals surface area (Å²) in [7, 11) is 4.15. The quantitative estimate of drug-likeness (QED) is 0.354. The second kappa shape index (κ2) is 10.2. The van der Waals surface area contributed by atoms with Crippen LogP contribution < -0.4 is 4.90 Å². The number of hydrogen-bond acceptors (Lipinski definition) is 4. The molecule has 1 aromatic rings. The van der Waals surface area contributed by atoms with Gasteiger partial charge in [0, 0.05) is 30.9 Å². The molecule has 0 saturated carbocycles. The molecule has 3 aliphatic rings. The molecule has 3 aliphatic carbocycles. The molecule has 39 heavy (non-hydrogen) atoms. The number of fused-ring (bicyclic) bond motifs is 3. The molecule has 0 fully saturated rings. The Bertz CT molecular complexity index is 1300. The fourth-order valence-corrected chi connectivity index (χ4v) is 7.70. The molecular weight excluding hydrogens is 482 g/mol. The van der Waals surface area contributed by atoms with E-state index in [-0.39, 0.29) is 29.2 Å². The Hall–Kier alpha value is -2.49. The lowest BCUT2D eigenvalue weighted by molar-refractivity contribution is -0.129. The Morgan fingerprint density at radius 1 is 1.13 bits per heavy atom. The van der Waals surface area contributed by atoms with Gasteiger partial charge in [-0.1, -0.05) is 38.8 Å². The molecule has 0 amide bonds. The van der Waals surface area contributed by atoms with Crippen LogP contribution >= 0.6 is 0 Å². The van der Waals surface area contributed by atoms with Crippen molar-refractivity contribution in [2.75, 3.05) is 19.0 Å². The monoisotopic (exact) mass is 531 g/mol. The van der Waals surface area contributed by atoms with Crippen molar-refractivity contribution in [2.45, 2.75) is 101 Å². The van der Waals surface area contributed by atoms with Crippen molar-refractivity contribution in [3.63, 3.8) is 0 Å². The summed E-state index contributed by atoms with van der Waals surface area (Å²) in [4.78, 5) is 43.0. The van der Waals surface area contributed by atoms with Crippen LogP contribution in [0.25, 0.3) is 0 Å². The third-order valence-corrected chi connectivity index (χ3v) is 10.1. The first-order valence-corrected chi connectivity index (χ1v) is 14.8. The smallest absolute Gasteiger partial charge is 0.189 e. The zero-order valence-corrected chi connectivity index (χ0v) is 26.2. The number of rotatable bonds is 6. The lowest BCUT2D eigenvalue weighted by Gasteiger charge is -2.49. The summed E-state index contributed by atoms with van der Waals surface area (Å²) in [6.45, 7) is 18.7. The van der Waals surface area contributed by atoms with Gasteiger partial charge in [-0.3, -0.25) is 14.4 Å². The van der Waals surface area contributed by atoms with Crippen LogP contribution in [0.4, 0.5) is 5.69 Å². The van der Waals surface area contributed by atoms with E-state index >= 15 is 0 Å². The highest BCUT2D eigenvalue weighted by Crippen LogP contribution is 2.56. The fourth-order valence-electron chi connectivity index (χ4n) is 7.70. The average molecular weight is 532 g/mol. The lowest BCUT2D eigenvalue weighted by atomic mass is 9.52. The van der Waals surface area contributed by atoms with Crippen LogP contribution in [-0.2, 0) is 22.4 Å². The summed E-state index contributed by atoms with van der Waals surface area (Å²) >= 11 is 0. The molecule has 4 rings (SSSR count). The molecule has 1 aromatic carbocycles. The molecular formula is C35H49NO3. The predicted molar refractivity (Wildman–Crippen MR) is 161 cm³/mol. The van der Waals surface area contributed by atoms with E-state index in [0.717, 1.165) is 71.2 Å². The van der Waals surface area contributed by atoms with Gasteiger partial charge in [0.05, 0.1) is 11.0 Å². The molecule has 0 saturated heterocycles. The van der Waals surface area contributed by atoms with E-state index < -0.39 is 5.41 Å². The molecule has 0 aliphatic heterocycles. The second-order valence-electron chi connectivity index (χ2n) is 14.5. The van der Waals surface area contributed by atoms with Crippen LogP contribution in [0.1, 0.15) is 108 Å². The third kappa shape index (κ3) is 4.98. The molecule has 212 valence electrons. The topological polar surface area (TPSA) is 54.5 Å². The zero-order valence-electron chi connectivity index (χ0n) is 26.2. The Morgan fingerprint density at radius 3 is 2.33 bits per heavy atom. The minimum atomic E-state index is -0.795. The minimum absolute atomic E-state index is 0.0853. The highest BCUT2D eigenvalue weighted by atomic mass is 16.2. The van der Waals surface area contributed by atoms with E-state index in [0.29, 0.717) is 16.9 Å². The Kier molecular flexibility index (Phi) is 7.68. The summed E-state index contributed by atoms with van der Waals surface area (Å²) in [6.07, 6.45) is 5.66. The van der Waals surface area contributed by atoms with Crippen molar-refractivity contribution < 1.29 is 14.4 Å². The van der Waals surface area contributed by atoms with E-state index in [1.54, 1.807) is 0 Å². The van der Waals surface area contributed by atoms with E-state index in [1.165, 1.54) is 18.9 Å². The number of hydrogen-bond donors (Lipinski definition) is 0. The molecule has 0 heterocycles. The fraction of sp³-hybridized carbons (Fsp3) is 0.629. The van der Waals surface area contributed by atoms with Gasteiger partial charge in [0.1, 0.15) is 0 Å². The number of anilines is 1. The van der Waals surface area contributed by atoms with Gasteiger partial charge in [-0.25, -0.2) is 0 Å². The Balaban J connectivity index is 1.81. The molecule has 4 atom stereocenters. The average Bonchev–Trinajstić information content (AvgIpc) is 2.80. The van der Waals surface area contributed by atoms with E-state index in [1.807, 2.05) is 20.8 Å². The molecule has 0 bridgehead atoms. The molecule has 4 unspecified atom stereocenters. The SMILES string of the molecule is CC(=O)C1=C(C)CC2CC3Cc4c(N(C)C)cc(CC(C)CCC(C)(C)C)c(C)c4C(=O)C3=C(C)C2(C)C1=O. The molecule has 0 spiro atoms. The molecule has 0 N–H and O–H groups in total. The van der Waals surface area contributed by atoms with Crippen LogP contribution in [0.15, 0.2) is 28.4 Å². The third-order valence-electron chi connectivity index (χ3n) is 10.1. The molecule has 0 aromatic heterocycles. The van der Waals surface area contributed by atoms with Crippen molar-refractivity contribution in [3.05, 3.63) is 50.6 Å².